The highest BCUT2D eigenvalue weighted by Crippen LogP contribution is 2.26. The molecule has 3 aromatic carbocycles. The van der Waals surface area contributed by atoms with Crippen LogP contribution in [0.15, 0.2) is 83.8 Å². The molecule has 0 spiro atoms. The summed E-state index contributed by atoms with van der Waals surface area (Å²) in [7, 11) is -2.52. The van der Waals surface area contributed by atoms with Gasteiger partial charge in [-0.1, -0.05) is 61.5 Å². The first-order valence-electron chi connectivity index (χ1n) is 12.4. The maximum Gasteiger partial charge on any atom is 0.264 e. The third kappa shape index (κ3) is 6.77. The smallest absolute Gasteiger partial charge is 0.264 e. The third-order valence-electron chi connectivity index (χ3n) is 6.51. The Balaban J connectivity index is 2.01. The van der Waals surface area contributed by atoms with Crippen LogP contribution in [-0.2, 0) is 26.0 Å². The molecule has 0 radical (unpaired) electrons. The van der Waals surface area contributed by atoms with Crippen molar-refractivity contribution in [2.24, 2.45) is 0 Å². The highest BCUT2D eigenvalue weighted by atomic mass is 32.2. The summed E-state index contributed by atoms with van der Waals surface area (Å²) in [5, 5.41) is 2.64. The molecule has 0 saturated heterocycles. The molecular weight excluding hydrogens is 486 g/mol. The van der Waals surface area contributed by atoms with Crippen molar-refractivity contribution in [3.05, 3.63) is 95.6 Å². The Morgan fingerprint density at radius 1 is 0.892 bits per heavy atom. The van der Waals surface area contributed by atoms with E-state index >= 15 is 0 Å². The van der Waals surface area contributed by atoms with Crippen LogP contribution >= 0.6 is 0 Å². The topological polar surface area (TPSA) is 86.8 Å². The maximum absolute atomic E-state index is 13.8. The molecule has 0 aliphatic carbocycles. The van der Waals surface area contributed by atoms with Gasteiger partial charge < -0.3 is 10.2 Å². The Bertz CT molecular complexity index is 1310. The number of carbonyl (C=O) groups is 2. The molecule has 196 valence electrons. The lowest BCUT2D eigenvalue weighted by Crippen LogP contribution is -2.52. The molecule has 0 aliphatic heterocycles. The first kappa shape index (κ1) is 27.9. The number of carbonyl (C=O) groups excluding carboxylic acids is 2. The minimum Gasteiger partial charge on any atom is -0.357 e. The number of aryl methyl sites for hydroxylation is 2. The van der Waals surface area contributed by atoms with Crippen molar-refractivity contribution >= 4 is 27.5 Å². The first-order chi connectivity index (χ1) is 17.7. The standard InChI is InChI=1S/C29H35N3O4S/c1-5-27(29(34)30-4)31(19-18-24-12-8-6-9-13-24)28(33)21-32(25-17-16-22(2)23(3)20-25)37(35,36)26-14-10-7-11-15-26/h6-17,20,27H,5,18-19,21H2,1-4H3,(H,30,34). The number of rotatable bonds is 11. The molecule has 0 bridgehead atoms. The summed E-state index contributed by atoms with van der Waals surface area (Å²) in [6.45, 7) is 5.53. The highest BCUT2D eigenvalue weighted by molar-refractivity contribution is 7.92. The molecule has 3 rings (SSSR count). The van der Waals surface area contributed by atoms with Gasteiger partial charge in [-0.2, -0.15) is 0 Å². The minimum absolute atomic E-state index is 0.0928. The fraction of sp³-hybridized carbons (Fsp3) is 0.310. The van der Waals surface area contributed by atoms with E-state index in [1.54, 1.807) is 30.3 Å². The molecule has 37 heavy (non-hydrogen) atoms. The summed E-state index contributed by atoms with van der Waals surface area (Å²) in [5.74, 6) is -0.725. The minimum atomic E-state index is -4.05. The maximum atomic E-state index is 13.8. The van der Waals surface area contributed by atoms with Gasteiger partial charge in [0, 0.05) is 13.6 Å². The van der Waals surface area contributed by atoms with Gasteiger partial charge in [-0.25, -0.2) is 8.42 Å². The second-order valence-corrected chi connectivity index (χ2v) is 10.8. The number of amides is 2. The predicted octanol–water partition coefficient (Wildman–Crippen LogP) is 4.09. The van der Waals surface area contributed by atoms with Crippen LogP contribution in [0.1, 0.15) is 30.0 Å². The highest BCUT2D eigenvalue weighted by Gasteiger charge is 2.33. The van der Waals surface area contributed by atoms with Crippen molar-refractivity contribution in [1.29, 1.82) is 0 Å². The average Bonchev–Trinajstić information content (AvgIpc) is 2.91. The van der Waals surface area contributed by atoms with E-state index in [9.17, 15) is 18.0 Å². The van der Waals surface area contributed by atoms with Crippen LogP contribution in [0.3, 0.4) is 0 Å². The molecule has 0 saturated carbocycles. The molecule has 0 fully saturated rings. The van der Waals surface area contributed by atoms with Crippen LogP contribution in [0, 0.1) is 13.8 Å². The lowest BCUT2D eigenvalue weighted by atomic mass is 10.1. The van der Waals surface area contributed by atoms with E-state index in [1.165, 1.54) is 24.1 Å². The van der Waals surface area contributed by atoms with Crippen molar-refractivity contribution in [1.82, 2.24) is 10.2 Å². The molecule has 8 heteroatoms. The van der Waals surface area contributed by atoms with E-state index < -0.39 is 28.5 Å². The average molecular weight is 522 g/mol. The Morgan fingerprint density at radius 3 is 2.08 bits per heavy atom. The van der Waals surface area contributed by atoms with Gasteiger partial charge in [0.1, 0.15) is 12.6 Å². The summed E-state index contributed by atoms with van der Waals surface area (Å²) in [6.07, 6.45) is 0.935. The van der Waals surface area contributed by atoms with Crippen LogP contribution in [0.4, 0.5) is 5.69 Å². The van der Waals surface area contributed by atoms with E-state index in [-0.39, 0.29) is 17.3 Å². The fourth-order valence-electron chi connectivity index (χ4n) is 4.19. The molecule has 1 unspecified atom stereocenters. The largest absolute Gasteiger partial charge is 0.357 e. The molecule has 0 heterocycles. The summed E-state index contributed by atoms with van der Waals surface area (Å²) < 4.78 is 28.7. The molecule has 1 N–H and O–H groups in total. The second kappa shape index (κ2) is 12.5. The predicted molar refractivity (Wildman–Crippen MR) is 147 cm³/mol. The lowest BCUT2D eigenvalue weighted by molar-refractivity contribution is -0.139. The van der Waals surface area contributed by atoms with Crippen LogP contribution in [0.5, 0.6) is 0 Å². The van der Waals surface area contributed by atoms with Crippen molar-refractivity contribution in [3.8, 4) is 0 Å². The van der Waals surface area contributed by atoms with E-state index in [0.29, 0.717) is 18.5 Å². The van der Waals surface area contributed by atoms with E-state index in [2.05, 4.69) is 5.32 Å². The molecular formula is C29H35N3O4S. The number of anilines is 1. The zero-order valence-corrected chi connectivity index (χ0v) is 22.7. The van der Waals surface area contributed by atoms with E-state index in [1.807, 2.05) is 57.2 Å². The Labute approximate surface area is 220 Å². The monoisotopic (exact) mass is 521 g/mol. The molecule has 1 atom stereocenters. The van der Waals surface area contributed by atoms with Crippen molar-refractivity contribution in [3.63, 3.8) is 0 Å². The van der Waals surface area contributed by atoms with Crippen LogP contribution in [0.2, 0.25) is 0 Å². The van der Waals surface area contributed by atoms with Gasteiger partial charge in [0.25, 0.3) is 10.0 Å². The molecule has 0 aromatic heterocycles. The zero-order valence-electron chi connectivity index (χ0n) is 21.8. The Hall–Kier alpha value is -3.65. The molecule has 2 amide bonds. The summed E-state index contributed by atoms with van der Waals surface area (Å²) in [5.41, 5.74) is 3.35. The normalized spacial score (nSPS) is 12.0. The first-order valence-corrected chi connectivity index (χ1v) is 13.8. The van der Waals surface area contributed by atoms with Crippen LogP contribution < -0.4 is 9.62 Å². The number of nitrogens with one attached hydrogen (secondary N) is 1. The molecule has 0 aliphatic rings. The zero-order chi connectivity index (χ0) is 27.0. The Morgan fingerprint density at radius 2 is 1.51 bits per heavy atom. The number of sulfonamides is 1. The number of hydrogen-bond donors (Lipinski definition) is 1. The number of hydrogen-bond acceptors (Lipinski definition) is 4. The molecule has 3 aromatic rings. The molecule has 7 nitrogen and oxygen atoms in total. The number of nitrogens with zero attached hydrogens (tertiary/aromatic N) is 2. The number of likely N-dealkylation sites (N-methyl/N-ethyl adjacent to an activating group) is 1. The number of benzene rings is 3. The lowest BCUT2D eigenvalue weighted by Gasteiger charge is -2.33. The van der Waals surface area contributed by atoms with E-state index in [4.69, 9.17) is 0 Å². The van der Waals surface area contributed by atoms with Crippen LogP contribution in [-0.4, -0.2) is 51.3 Å². The van der Waals surface area contributed by atoms with Gasteiger partial charge >= 0.3 is 0 Å². The van der Waals surface area contributed by atoms with Crippen molar-refractivity contribution in [2.45, 2.75) is 44.6 Å². The van der Waals surface area contributed by atoms with Gasteiger partial charge in [0.15, 0.2) is 0 Å². The van der Waals surface area contributed by atoms with Gasteiger partial charge in [-0.3, -0.25) is 13.9 Å². The summed E-state index contributed by atoms with van der Waals surface area (Å²) in [4.78, 5) is 28.2. The third-order valence-corrected chi connectivity index (χ3v) is 8.29. The van der Waals surface area contributed by atoms with Gasteiger partial charge in [0.2, 0.25) is 11.8 Å². The van der Waals surface area contributed by atoms with Crippen molar-refractivity contribution in [2.75, 3.05) is 24.4 Å². The Kier molecular flexibility index (Phi) is 9.47. The summed E-state index contributed by atoms with van der Waals surface area (Å²) >= 11 is 0. The summed E-state index contributed by atoms with van der Waals surface area (Å²) in [6, 6.07) is 22.4. The van der Waals surface area contributed by atoms with Gasteiger partial charge in [-0.05, 0) is 67.6 Å². The van der Waals surface area contributed by atoms with Gasteiger partial charge in [0.05, 0.1) is 10.6 Å². The van der Waals surface area contributed by atoms with Crippen molar-refractivity contribution < 1.29 is 18.0 Å². The van der Waals surface area contributed by atoms with E-state index in [0.717, 1.165) is 21.0 Å². The van der Waals surface area contributed by atoms with Crippen LogP contribution in [0.25, 0.3) is 0 Å². The second-order valence-electron chi connectivity index (χ2n) is 8.95. The van der Waals surface area contributed by atoms with Gasteiger partial charge in [-0.15, -0.1) is 0 Å². The SMILES string of the molecule is CCC(C(=O)NC)N(CCc1ccccc1)C(=O)CN(c1ccc(C)c(C)c1)S(=O)(=O)c1ccccc1. The quantitative estimate of drug-likeness (QED) is 0.412. The fourth-order valence-corrected chi connectivity index (χ4v) is 5.62.